The van der Waals surface area contributed by atoms with E-state index in [1.54, 1.807) is 46.2 Å². The van der Waals surface area contributed by atoms with Crippen molar-refractivity contribution in [2.24, 2.45) is 0 Å². The maximum atomic E-state index is 6.00. The monoisotopic (exact) mass is 438 g/mol. The molecule has 4 nitrogen and oxygen atoms in total. The minimum Gasteiger partial charge on any atom is -0.306 e. The molecule has 0 N–H and O–H groups in total. The zero-order valence-corrected chi connectivity index (χ0v) is 17.9. The number of thiazole rings is 1. The molecule has 0 radical (unpaired) electrons. The standard InChI is InChI=1S/C17H15ClN4S4/c1-2-22-15(10-24-17-19-12-5-3-4-6-13(12)26-17)20-21-16(22)23-9-11-7-8-14(18)25-11/h3-8H,2,9-10H2,1H3. The van der Waals surface area contributed by atoms with Crippen molar-refractivity contribution < 1.29 is 0 Å². The van der Waals surface area contributed by atoms with E-state index in [1.807, 2.05) is 18.2 Å². The largest absolute Gasteiger partial charge is 0.306 e. The summed E-state index contributed by atoms with van der Waals surface area (Å²) in [5, 5.41) is 9.74. The van der Waals surface area contributed by atoms with Gasteiger partial charge in [0.25, 0.3) is 0 Å². The Labute approximate surface area is 173 Å². The molecule has 26 heavy (non-hydrogen) atoms. The van der Waals surface area contributed by atoms with Crippen molar-refractivity contribution in [2.45, 2.75) is 34.5 Å². The van der Waals surface area contributed by atoms with Crippen LogP contribution in [0.25, 0.3) is 10.2 Å². The van der Waals surface area contributed by atoms with E-state index >= 15 is 0 Å². The average Bonchev–Trinajstić information content (AvgIpc) is 3.35. The van der Waals surface area contributed by atoms with Crippen LogP contribution in [0.1, 0.15) is 17.6 Å². The lowest BCUT2D eigenvalue weighted by Crippen LogP contribution is -2.02. The molecular formula is C17H15ClN4S4. The molecule has 0 unspecified atom stereocenters. The molecule has 4 aromatic rings. The fraction of sp³-hybridized carbons (Fsp3) is 0.235. The summed E-state index contributed by atoms with van der Waals surface area (Å²) in [6.07, 6.45) is 0. The number of nitrogens with zero attached hydrogens (tertiary/aromatic N) is 4. The third-order valence-electron chi connectivity index (χ3n) is 3.68. The molecule has 0 aliphatic rings. The van der Waals surface area contributed by atoms with Crippen molar-refractivity contribution in [3.63, 3.8) is 0 Å². The Morgan fingerprint density at radius 3 is 2.69 bits per heavy atom. The van der Waals surface area contributed by atoms with Crippen LogP contribution in [0.5, 0.6) is 0 Å². The molecule has 0 saturated heterocycles. The number of hydrogen-bond donors (Lipinski definition) is 0. The van der Waals surface area contributed by atoms with Gasteiger partial charge in [-0.05, 0) is 31.2 Å². The minimum absolute atomic E-state index is 0.770. The van der Waals surface area contributed by atoms with Gasteiger partial charge in [0.1, 0.15) is 5.82 Å². The zero-order chi connectivity index (χ0) is 17.9. The topological polar surface area (TPSA) is 43.6 Å². The predicted octanol–water partition coefficient (Wildman–Crippen LogP) is 6.21. The number of fused-ring (bicyclic) bond motifs is 1. The highest BCUT2D eigenvalue weighted by atomic mass is 35.5. The highest BCUT2D eigenvalue weighted by Crippen LogP contribution is 2.32. The first-order valence-corrected chi connectivity index (χ1v) is 12.0. The quantitative estimate of drug-likeness (QED) is 0.321. The summed E-state index contributed by atoms with van der Waals surface area (Å²) in [6.45, 7) is 2.98. The van der Waals surface area contributed by atoms with Crippen molar-refractivity contribution in [1.82, 2.24) is 19.7 Å². The summed E-state index contributed by atoms with van der Waals surface area (Å²) in [5.41, 5.74) is 1.06. The number of aromatic nitrogens is 4. The Balaban J connectivity index is 1.43. The van der Waals surface area contributed by atoms with E-state index in [0.717, 1.165) is 43.2 Å². The summed E-state index contributed by atoms with van der Waals surface area (Å²) in [7, 11) is 0. The maximum absolute atomic E-state index is 6.00. The molecule has 0 atom stereocenters. The van der Waals surface area contributed by atoms with Gasteiger partial charge in [0, 0.05) is 17.2 Å². The van der Waals surface area contributed by atoms with Crippen LogP contribution in [0.3, 0.4) is 0 Å². The van der Waals surface area contributed by atoms with Crippen LogP contribution in [0.2, 0.25) is 4.34 Å². The first kappa shape index (κ1) is 18.3. The van der Waals surface area contributed by atoms with E-state index in [0.29, 0.717) is 0 Å². The van der Waals surface area contributed by atoms with Crippen molar-refractivity contribution >= 4 is 68.0 Å². The predicted molar refractivity (Wildman–Crippen MR) is 114 cm³/mol. The van der Waals surface area contributed by atoms with Gasteiger partial charge < -0.3 is 4.57 Å². The number of para-hydroxylation sites is 1. The molecule has 1 aromatic carbocycles. The molecule has 9 heteroatoms. The minimum atomic E-state index is 0.770. The molecule has 0 amide bonds. The van der Waals surface area contributed by atoms with Gasteiger partial charge in [0.15, 0.2) is 9.50 Å². The number of thioether (sulfide) groups is 2. The second kappa shape index (κ2) is 8.31. The van der Waals surface area contributed by atoms with Crippen LogP contribution in [0.4, 0.5) is 0 Å². The summed E-state index contributed by atoms with van der Waals surface area (Å²) in [4.78, 5) is 5.92. The Bertz CT molecular complexity index is 990. The van der Waals surface area contributed by atoms with Crippen molar-refractivity contribution in [3.8, 4) is 0 Å². The highest BCUT2D eigenvalue weighted by Gasteiger charge is 2.13. The van der Waals surface area contributed by atoms with E-state index < -0.39 is 0 Å². The summed E-state index contributed by atoms with van der Waals surface area (Å²) < 4.78 is 5.29. The Morgan fingerprint density at radius 1 is 1.04 bits per heavy atom. The average molecular weight is 439 g/mol. The summed E-state index contributed by atoms with van der Waals surface area (Å²) >= 11 is 12.8. The van der Waals surface area contributed by atoms with Gasteiger partial charge in [-0.2, -0.15) is 0 Å². The molecule has 134 valence electrons. The third kappa shape index (κ3) is 4.09. The van der Waals surface area contributed by atoms with E-state index in [1.165, 1.54) is 9.58 Å². The Morgan fingerprint density at radius 2 is 1.92 bits per heavy atom. The van der Waals surface area contributed by atoms with E-state index in [2.05, 4.69) is 44.9 Å². The molecule has 0 aliphatic carbocycles. The fourth-order valence-corrected chi connectivity index (χ4v) is 6.61. The van der Waals surface area contributed by atoms with E-state index in [-0.39, 0.29) is 0 Å². The zero-order valence-electron chi connectivity index (χ0n) is 13.9. The van der Waals surface area contributed by atoms with Crippen LogP contribution >= 0.6 is 57.8 Å². The first-order valence-electron chi connectivity index (χ1n) is 8.00. The van der Waals surface area contributed by atoms with E-state index in [9.17, 15) is 0 Å². The Hall–Kier alpha value is -1.06. The van der Waals surface area contributed by atoms with Crippen molar-refractivity contribution in [3.05, 3.63) is 51.4 Å². The lowest BCUT2D eigenvalue weighted by Gasteiger charge is -2.06. The summed E-state index contributed by atoms with van der Waals surface area (Å²) in [6, 6.07) is 12.2. The molecule has 3 aromatic heterocycles. The molecule has 0 aliphatic heterocycles. The first-order chi connectivity index (χ1) is 12.7. The fourth-order valence-electron chi connectivity index (χ4n) is 2.45. The molecule has 0 saturated carbocycles. The molecule has 3 heterocycles. The van der Waals surface area contributed by atoms with Gasteiger partial charge in [-0.1, -0.05) is 47.3 Å². The maximum Gasteiger partial charge on any atom is 0.191 e. The second-order valence-corrected chi connectivity index (χ2v) is 10.4. The highest BCUT2D eigenvalue weighted by molar-refractivity contribution is 8.00. The summed E-state index contributed by atoms with van der Waals surface area (Å²) in [5.74, 6) is 2.62. The van der Waals surface area contributed by atoms with E-state index in [4.69, 9.17) is 11.6 Å². The SMILES string of the molecule is CCn1c(CSc2nc3ccccc3s2)nnc1SCc1ccc(Cl)s1. The number of rotatable bonds is 7. The van der Waals surface area contributed by atoms with Gasteiger partial charge in [0.2, 0.25) is 0 Å². The third-order valence-corrected chi connectivity index (χ3v) is 8.29. The smallest absolute Gasteiger partial charge is 0.191 e. The molecule has 4 rings (SSSR count). The lowest BCUT2D eigenvalue weighted by atomic mass is 10.3. The normalized spacial score (nSPS) is 11.5. The van der Waals surface area contributed by atoms with Crippen LogP contribution < -0.4 is 0 Å². The molecule has 0 fully saturated rings. The number of benzene rings is 1. The Kier molecular flexibility index (Phi) is 5.85. The van der Waals surface area contributed by atoms with Gasteiger partial charge >= 0.3 is 0 Å². The number of halogens is 1. The van der Waals surface area contributed by atoms with Gasteiger partial charge in [0.05, 0.1) is 20.3 Å². The number of thiophene rings is 1. The molecule has 0 bridgehead atoms. The number of hydrogen-bond acceptors (Lipinski definition) is 7. The lowest BCUT2D eigenvalue weighted by molar-refractivity contribution is 0.659. The van der Waals surface area contributed by atoms with Crippen molar-refractivity contribution in [1.29, 1.82) is 0 Å². The molecular weight excluding hydrogens is 424 g/mol. The van der Waals surface area contributed by atoms with Crippen molar-refractivity contribution in [2.75, 3.05) is 0 Å². The molecule has 0 spiro atoms. The van der Waals surface area contributed by atoms with Gasteiger partial charge in [-0.3, -0.25) is 0 Å². The van der Waals surface area contributed by atoms with Crippen LogP contribution in [0, 0.1) is 0 Å². The van der Waals surface area contributed by atoms with Gasteiger partial charge in [-0.25, -0.2) is 4.98 Å². The van der Waals surface area contributed by atoms with Gasteiger partial charge in [-0.15, -0.1) is 32.9 Å². The van der Waals surface area contributed by atoms with Crippen LogP contribution in [0.15, 0.2) is 45.9 Å². The van der Waals surface area contributed by atoms with Crippen LogP contribution in [-0.2, 0) is 18.1 Å². The second-order valence-electron chi connectivity index (χ2n) is 5.37. The van der Waals surface area contributed by atoms with Crippen LogP contribution in [-0.4, -0.2) is 19.7 Å².